The van der Waals surface area contributed by atoms with Crippen LogP contribution in [-0.2, 0) is 11.3 Å². The van der Waals surface area contributed by atoms with E-state index in [2.05, 4.69) is 32.4 Å². The van der Waals surface area contributed by atoms with Crippen molar-refractivity contribution in [3.8, 4) is 11.3 Å². The summed E-state index contributed by atoms with van der Waals surface area (Å²) < 4.78 is 5.02. The van der Waals surface area contributed by atoms with Gasteiger partial charge in [0.1, 0.15) is 5.69 Å². The van der Waals surface area contributed by atoms with E-state index in [1.54, 1.807) is 6.92 Å². The van der Waals surface area contributed by atoms with Crippen LogP contribution in [0.5, 0.6) is 0 Å². The zero-order valence-corrected chi connectivity index (χ0v) is 14.1. The molecule has 1 aromatic heterocycles. The topological polar surface area (TPSA) is 71.1 Å². The molecule has 1 saturated heterocycles. The number of nitrogens with zero attached hydrogens (tertiary/aromatic N) is 3. The molecule has 0 atom stereocenters. The van der Waals surface area contributed by atoms with E-state index in [0.29, 0.717) is 12.3 Å². The summed E-state index contributed by atoms with van der Waals surface area (Å²) in [6, 6.07) is 8.19. The van der Waals surface area contributed by atoms with Gasteiger partial charge in [0.15, 0.2) is 5.69 Å². The molecule has 1 N–H and O–H groups in total. The number of ether oxygens (including phenoxy) is 1. The Morgan fingerprint density at radius 2 is 1.83 bits per heavy atom. The highest BCUT2D eigenvalue weighted by Gasteiger charge is 2.19. The van der Waals surface area contributed by atoms with E-state index in [0.717, 1.165) is 12.1 Å². The molecule has 0 aliphatic carbocycles. The van der Waals surface area contributed by atoms with Gasteiger partial charge < -0.3 is 4.74 Å². The maximum Gasteiger partial charge on any atom is 0.361 e. The molecule has 1 aliphatic rings. The molecule has 2 aromatic rings. The van der Waals surface area contributed by atoms with Crippen molar-refractivity contribution in [2.75, 3.05) is 19.7 Å². The molecule has 0 unspecified atom stereocenters. The number of hydrogen-bond donors (Lipinski definition) is 1. The highest BCUT2D eigenvalue weighted by molar-refractivity contribution is 5.93. The van der Waals surface area contributed by atoms with Gasteiger partial charge >= 0.3 is 5.97 Å². The Morgan fingerprint density at radius 3 is 2.50 bits per heavy atom. The van der Waals surface area contributed by atoms with Crippen LogP contribution >= 0.6 is 0 Å². The van der Waals surface area contributed by atoms with E-state index in [4.69, 9.17) is 4.74 Å². The first-order valence-electron chi connectivity index (χ1n) is 8.67. The molecule has 0 spiro atoms. The molecule has 2 heterocycles. The van der Waals surface area contributed by atoms with Crippen LogP contribution in [0.25, 0.3) is 11.3 Å². The van der Waals surface area contributed by atoms with Gasteiger partial charge in [0.25, 0.3) is 0 Å². The molecule has 1 aromatic carbocycles. The second-order valence-electron chi connectivity index (χ2n) is 6.13. The van der Waals surface area contributed by atoms with Gasteiger partial charge in [-0.15, -0.1) is 5.10 Å². The Labute approximate surface area is 142 Å². The minimum Gasteiger partial charge on any atom is -0.461 e. The van der Waals surface area contributed by atoms with Gasteiger partial charge in [-0.1, -0.05) is 37.1 Å². The van der Waals surface area contributed by atoms with E-state index >= 15 is 0 Å². The second kappa shape index (κ2) is 8.06. The number of aromatic amines is 1. The fraction of sp³-hybridized carbons (Fsp3) is 0.500. The van der Waals surface area contributed by atoms with Crippen LogP contribution in [0.2, 0.25) is 0 Å². The first-order valence-corrected chi connectivity index (χ1v) is 8.67. The van der Waals surface area contributed by atoms with Crippen LogP contribution < -0.4 is 0 Å². The molecule has 0 amide bonds. The number of nitrogens with one attached hydrogen (secondary N) is 1. The number of rotatable bonds is 5. The summed E-state index contributed by atoms with van der Waals surface area (Å²) in [5.41, 5.74) is 2.92. The van der Waals surface area contributed by atoms with Gasteiger partial charge in [0, 0.05) is 12.1 Å². The van der Waals surface area contributed by atoms with Crippen LogP contribution in [0.15, 0.2) is 24.3 Å². The van der Waals surface area contributed by atoms with Crippen molar-refractivity contribution in [2.24, 2.45) is 0 Å². The van der Waals surface area contributed by atoms with E-state index in [-0.39, 0.29) is 5.69 Å². The fourth-order valence-corrected chi connectivity index (χ4v) is 3.09. The second-order valence-corrected chi connectivity index (χ2v) is 6.13. The molecule has 6 heteroatoms. The first-order chi connectivity index (χ1) is 11.8. The lowest BCUT2D eigenvalue weighted by molar-refractivity contribution is 0.0520. The van der Waals surface area contributed by atoms with Gasteiger partial charge in [0.2, 0.25) is 0 Å². The molecular formula is C18H24N4O2. The van der Waals surface area contributed by atoms with Gasteiger partial charge in [-0.2, -0.15) is 10.3 Å². The molecular weight excluding hydrogens is 304 g/mol. The predicted molar refractivity (Wildman–Crippen MR) is 91.5 cm³/mol. The van der Waals surface area contributed by atoms with Crippen molar-refractivity contribution >= 4 is 5.97 Å². The lowest BCUT2D eigenvalue weighted by atomic mass is 10.1. The van der Waals surface area contributed by atoms with Crippen molar-refractivity contribution in [1.29, 1.82) is 0 Å². The third-order valence-corrected chi connectivity index (χ3v) is 4.35. The summed E-state index contributed by atoms with van der Waals surface area (Å²) in [7, 11) is 0. The van der Waals surface area contributed by atoms with E-state index < -0.39 is 5.97 Å². The average molecular weight is 328 g/mol. The number of H-pyrrole nitrogens is 1. The van der Waals surface area contributed by atoms with Crippen LogP contribution in [0.4, 0.5) is 0 Å². The van der Waals surface area contributed by atoms with E-state index in [1.165, 1.54) is 44.3 Å². The number of hydrogen-bond acceptors (Lipinski definition) is 5. The Bertz CT molecular complexity index is 658. The fourth-order valence-electron chi connectivity index (χ4n) is 3.09. The number of aromatic nitrogens is 3. The maximum absolute atomic E-state index is 11.9. The third kappa shape index (κ3) is 4.00. The van der Waals surface area contributed by atoms with Crippen LogP contribution in [-0.4, -0.2) is 46.0 Å². The summed E-state index contributed by atoms with van der Waals surface area (Å²) in [6.45, 7) is 5.43. The number of likely N-dealkylation sites (tertiary alicyclic amines) is 1. The summed E-state index contributed by atoms with van der Waals surface area (Å²) in [6.07, 6.45) is 5.27. The smallest absolute Gasteiger partial charge is 0.361 e. The largest absolute Gasteiger partial charge is 0.461 e. The Balaban J connectivity index is 1.70. The van der Waals surface area contributed by atoms with Gasteiger partial charge in [-0.05, 0) is 38.4 Å². The number of benzene rings is 1. The van der Waals surface area contributed by atoms with E-state index in [1.807, 2.05) is 12.1 Å². The quantitative estimate of drug-likeness (QED) is 0.854. The lowest BCUT2D eigenvalue weighted by Gasteiger charge is -2.19. The monoisotopic (exact) mass is 328 g/mol. The number of carbonyl (C=O) groups excluding carboxylic acids is 1. The van der Waals surface area contributed by atoms with Crippen LogP contribution in [0.3, 0.4) is 0 Å². The lowest BCUT2D eigenvalue weighted by Crippen LogP contribution is -2.23. The first kappa shape index (κ1) is 16.6. The summed E-state index contributed by atoms with van der Waals surface area (Å²) >= 11 is 0. The van der Waals surface area contributed by atoms with Crippen molar-refractivity contribution < 1.29 is 9.53 Å². The standard InChI is InChI=1S/C18H24N4O2/c1-2-24-18(23)17-16(19-21-20-17)15-9-7-14(8-10-15)13-22-11-5-3-4-6-12-22/h7-10H,2-6,11-13H2,1H3,(H,19,20,21). The normalized spacial score (nSPS) is 15.9. The third-order valence-electron chi connectivity index (χ3n) is 4.35. The molecule has 128 valence electrons. The Hall–Kier alpha value is -2.21. The van der Waals surface area contributed by atoms with Crippen LogP contribution in [0, 0.1) is 0 Å². The number of esters is 1. The summed E-state index contributed by atoms with van der Waals surface area (Å²) in [4.78, 5) is 14.4. The van der Waals surface area contributed by atoms with Gasteiger partial charge in [-0.3, -0.25) is 4.90 Å². The summed E-state index contributed by atoms with van der Waals surface area (Å²) in [5.74, 6) is -0.449. The molecule has 24 heavy (non-hydrogen) atoms. The molecule has 1 aliphatic heterocycles. The number of carbonyl (C=O) groups is 1. The molecule has 6 nitrogen and oxygen atoms in total. The average Bonchev–Trinajstić information content (AvgIpc) is 2.95. The minimum absolute atomic E-state index is 0.233. The molecule has 3 rings (SSSR count). The highest BCUT2D eigenvalue weighted by atomic mass is 16.5. The zero-order chi connectivity index (χ0) is 16.8. The van der Waals surface area contributed by atoms with Crippen molar-refractivity contribution in [1.82, 2.24) is 20.3 Å². The SMILES string of the molecule is CCOC(=O)c1n[nH]nc1-c1ccc(CN2CCCCCC2)cc1. The Kier molecular flexibility index (Phi) is 5.59. The molecule has 0 bridgehead atoms. The van der Waals surface area contributed by atoms with Crippen molar-refractivity contribution in [3.05, 3.63) is 35.5 Å². The predicted octanol–water partition coefficient (Wildman–Crippen LogP) is 3.02. The molecule has 0 saturated carbocycles. The zero-order valence-electron chi connectivity index (χ0n) is 14.1. The Morgan fingerprint density at radius 1 is 1.12 bits per heavy atom. The van der Waals surface area contributed by atoms with Crippen LogP contribution in [0.1, 0.15) is 48.7 Å². The van der Waals surface area contributed by atoms with Gasteiger partial charge in [0.05, 0.1) is 6.61 Å². The van der Waals surface area contributed by atoms with Gasteiger partial charge in [-0.25, -0.2) is 4.79 Å². The van der Waals surface area contributed by atoms with Crippen molar-refractivity contribution in [3.63, 3.8) is 0 Å². The maximum atomic E-state index is 11.9. The van der Waals surface area contributed by atoms with Crippen molar-refractivity contribution in [2.45, 2.75) is 39.2 Å². The molecule has 1 fully saturated rings. The summed E-state index contributed by atoms with van der Waals surface area (Å²) in [5, 5.41) is 10.5. The highest BCUT2D eigenvalue weighted by Crippen LogP contribution is 2.22. The molecule has 0 radical (unpaired) electrons. The van der Waals surface area contributed by atoms with E-state index in [9.17, 15) is 4.79 Å². The minimum atomic E-state index is -0.449.